The first kappa shape index (κ1) is 53.1. The van der Waals surface area contributed by atoms with Crippen molar-refractivity contribution in [2.24, 2.45) is 0 Å². The Morgan fingerprint density at radius 3 is 0.554 bits per heavy atom. The number of hydrogen-bond acceptors (Lipinski definition) is 10. The summed E-state index contributed by atoms with van der Waals surface area (Å²) in [6.45, 7) is 1.76. The summed E-state index contributed by atoms with van der Waals surface area (Å²) in [6, 6.07) is 80.2. The minimum absolute atomic E-state index is 0.210. The molecule has 0 heterocycles. The van der Waals surface area contributed by atoms with Gasteiger partial charge in [-0.1, -0.05) is 243 Å². The van der Waals surface area contributed by atoms with Crippen molar-refractivity contribution in [2.45, 2.75) is 89.5 Å². The van der Waals surface area contributed by atoms with E-state index in [1.807, 2.05) is 243 Å². The molecule has 1 aliphatic carbocycles. The minimum atomic E-state index is -2.15. The summed E-state index contributed by atoms with van der Waals surface area (Å²) in [6.07, 6.45) is -5.38. The first-order chi connectivity index (χ1) is 36.7. The van der Waals surface area contributed by atoms with Crippen molar-refractivity contribution < 1.29 is 46.1 Å². The molecule has 10 nitrogen and oxygen atoms in total. The predicted octanol–water partition coefficient (Wildman–Crippen LogP) is 14.4. The van der Waals surface area contributed by atoms with Crippen LogP contribution in [0.1, 0.15) is 44.5 Å². The van der Waals surface area contributed by atoms with E-state index in [1.165, 1.54) is 0 Å². The summed E-state index contributed by atoms with van der Waals surface area (Å²) in [7, 11) is -4.30. The van der Waals surface area contributed by atoms with Crippen molar-refractivity contribution in [2.75, 3.05) is 0 Å². The molecule has 1 saturated carbocycles. The van der Waals surface area contributed by atoms with Crippen LogP contribution >= 0.6 is 17.2 Å². The van der Waals surface area contributed by atoms with Crippen LogP contribution in [-0.4, -0.2) is 36.6 Å². The largest absolute Gasteiger partial charge is 0.368 e. The molecule has 0 N–H and O–H groups in total. The molecule has 9 rings (SSSR count). The van der Waals surface area contributed by atoms with Crippen LogP contribution < -0.4 is 0 Å². The highest BCUT2D eigenvalue weighted by molar-refractivity contribution is 7.42. The molecule has 0 aliphatic heterocycles. The molecule has 6 atom stereocenters. The Labute approximate surface area is 438 Å². The first-order valence-corrected chi connectivity index (χ1v) is 27.1. The van der Waals surface area contributed by atoms with Crippen LogP contribution in [0.2, 0.25) is 0 Å². The van der Waals surface area contributed by atoms with Crippen molar-refractivity contribution in [1.29, 1.82) is 0 Å². The summed E-state index contributed by atoms with van der Waals surface area (Å²) >= 11 is 0. The maximum Gasteiger partial charge on any atom is 0.333 e. The van der Waals surface area contributed by atoms with Crippen LogP contribution in [0, 0.1) is 0 Å². The van der Waals surface area contributed by atoms with Gasteiger partial charge in [-0.3, -0.25) is 0 Å². The molecule has 8 aromatic rings. The molecule has 0 spiro atoms. The van der Waals surface area contributed by atoms with Gasteiger partial charge in [-0.2, -0.15) is 0 Å². The summed E-state index contributed by atoms with van der Waals surface area (Å²) in [4.78, 5) is 0. The molecular formula is C62H62O10P2. The molecule has 0 bridgehead atoms. The fourth-order valence-electron chi connectivity index (χ4n) is 8.39. The Morgan fingerprint density at radius 1 is 0.203 bits per heavy atom. The van der Waals surface area contributed by atoms with Crippen LogP contribution in [-0.2, 0) is 98.9 Å². The first-order valence-electron chi connectivity index (χ1n) is 24.9. The van der Waals surface area contributed by atoms with E-state index in [-0.39, 0.29) is 52.9 Å². The lowest BCUT2D eigenvalue weighted by molar-refractivity contribution is -0.267. The normalized spacial score (nSPS) is 18.7. The monoisotopic (exact) mass is 1030 g/mol. The van der Waals surface area contributed by atoms with Crippen LogP contribution in [0.4, 0.5) is 0 Å². The van der Waals surface area contributed by atoms with Gasteiger partial charge in [0.05, 0.1) is 52.9 Å². The zero-order valence-corrected chi connectivity index (χ0v) is 43.0. The van der Waals surface area contributed by atoms with Crippen LogP contribution in [0.25, 0.3) is 0 Å². The molecular weight excluding hydrogens is 967 g/mol. The van der Waals surface area contributed by atoms with Crippen molar-refractivity contribution in [1.82, 2.24) is 0 Å². The molecule has 0 saturated heterocycles. The van der Waals surface area contributed by atoms with Crippen molar-refractivity contribution >= 4 is 17.2 Å². The molecule has 8 aromatic carbocycles. The zero-order chi connectivity index (χ0) is 50.2. The van der Waals surface area contributed by atoms with Crippen molar-refractivity contribution in [3.63, 3.8) is 0 Å². The van der Waals surface area contributed by atoms with Gasteiger partial charge in [-0.15, -0.1) is 0 Å². The van der Waals surface area contributed by atoms with E-state index >= 15 is 0 Å². The highest BCUT2D eigenvalue weighted by Crippen LogP contribution is 2.52. The Morgan fingerprint density at radius 2 is 0.365 bits per heavy atom. The lowest BCUT2D eigenvalue weighted by Crippen LogP contribution is -2.67. The van der Waals surface area contributed by atoms with Crippen LogP contribution in [0.3, 0.4) is 0 Å². The molecule has 1 aliphatic rings. The van der Waals surface area contributed by atoms with Gasteiger partial charge in [0.15, 0.2) is 0 Å². The Balaban J connectivity index is 1.17. The average Bonchev–Trinajstić information content (AvgIpc) is 3.47. The Bertz CT molecular complexity index is 2460. The van der Waals surface area contributed by atoms with Crippen molar-refractivity contribution in [3.8, 4) is 0 Å². The van der Waals surface area contributed by atoms with Gasteiger partial charge >= 0.3 is 17.2 Å². The summed E-state index contributed by atoms with van der Waals surface area (Å²) < 4.78 is 70.6. The predicted molar refractivity (Wildman–Crippen MR) is 289 cm³/mol. The van der Waals surface area contributed by atoms with E-state index in [4.69, 9.17) is 46.1 Å². The van der Waals surface area contributed by atoms with E-state index in [2.05, 4.69) is 0 Å². The third-order valence-corrected chi connectivity index (χ3v) is 14.4. The van der Waals surface area contributed by atoms with Gasteiger partial charge < -0.3 is 46.1 Å². The van der Waals surface area contributed by atoms with E-state index in [0.29, 0.717) is 0 Å². The van der Waals surface area contributed by atoms with Crippen LogP contribution in [0.5, 0.6) is 0 Å². The molecule has 0 aromatic heterocycles. The zero-order valence-electron chi connectivity index (χ0n) is 41.2. The highest BCUT2D eigenvalue weighted by atomic mass is 31.2. The third-order valence-electron chi connectivity index (χ3n) is 12.2. The Kier molecular flexibility index (Phi) is 21.0. The maximum atomic E-state index is 7.40. The standard InChI is InChI=1S/C62H62O10P2/c1-9-25-49(26-10-1)41-63-57-58(64-42-50-27-11-2-12-28-50)60(66-44-52-31-15-4-16-32-52)62(72-74(69-47-55-37-21-7-22-38-55)70-48-56-39-23-8-24-40-56)61(59(57)65-43-51-29-13-3-14-30-51)71-73(67-45-53-33-17-5-18-34-53)68-46-54-35-19-6-20-36-54/h1-40,57-62H,41-48H2. The molecule has 6 unspecified atom stereocenters. The molecule has 0 amide bonds. The van der Waals surface area contributed by atoms with Gasteiger partial charge in [0.1, 0.15) is 36.6 Å². The number of ether oxygens (including phenoxy) is 4. The molecule has 1 fully saturated rings. The second-order valence-corrected chi connectivity index (χ2v) is 20.0. The summed E-state index contributed by atoms with van der Waals surface area (Å²) in [5, 5.41) is 0. The molecule has 0 radical (unpaired) electrons. The molecule has 380 valence electrons. The van der Waals surface area contributed by atoms with E-state index in [0.717, 1.165) is 44.5 Å². The number of benzene rings is 8. The van der Waals surface area contributed by atoms with Gasteiger partial charge in [0, 0.05) is 0 Å². The van der Waals surface area contributed by atoms with Gasteiger partial charge in [0.2, 0.25) is 0 Å². The number of rotatable bonds is 28. The lowest BCUT2D eigenvalue weighted by atomic mass is 9.84. The second-order valence-electron chi connectivity index (χ2n) is 17.7. The SMILES string of the molecule is c1ccc(COC2C(OCc3ccccc3)C(OCc3ccccc3)C(OP(OCc3ccccc3)OCc3ccccc3)C(OP(OCc3ccccc3)OCc3ccccc3)C2OCc2ccccc2)cc1. The second kappa shape index (κ2) is 29.3. The van der Waals surface area contributed by atoms with Gasteiger partial charge in [-0.05, 0) is 44.5 Å². The third kappa shape index (κ3) is 16.6. The quantitative estimate of drug-likeness (QED) is 0.0442. The maximum absolute atomic E-state index is 7.40. The fourth-order valence-corrected chi connectivity index (χ4v) is 10.7. The molecule has 74 heavy (non-hydrogen) atoms. The van der Waals surface area contributed by atoms with Crippen LogP contribution in [0.15, 0.2) is 243 Å². The van der Waals surface area contributed by atoms with Gasteiger partial charge in [-0.25, -0.2) is 0 Å². The van der Waals surface area contributed by atoms with Crippen molar-refractivity contribution in [3.05, 3.63) is 287 Å². The molecule has 12 heteroatoms. The average molecular weight is 1030 g/mol. The van der Waals surface area contributed by atoms with E-state index < -0.39 is 53.8 Å². The van der Waals surface area contributed by atoms with E-state index in [1.54, 1.807) is 0 Å². The van der Waals surface area contributed by atoms with Gasteiger partial charge in [0.25, 0.3) is 0 Å². The lowest BCUT2D eigenvalue weighted by Gasteiger charge is -2.50. The minimum Gasteiger partial charge on any atom is -0.368 e. The summed E-state index contributed by atoms with van der Waals surface area (Å²) in [5.74, 6) is 0. The topological polar surface area (TPSA) is 92.3 Å². The number of hydrogen-bond donors (Lipinski definition) is 0. The fraction of sp³-hybridized carbons (Fsp3) is 0.226. The Hall–Kier alpha value is -5.78. The van der Waals surface area contributed by atoms with E-state index in [9.17, 15) is 0 Å². The highest BCUT2D eigenvalue weighted by Gasteiger charge is 2.57. The smallest absolute Gasteiger partial charge is 0.333 e. The summed E-state index contributed by atoms with van der Waals surface area (Å²) in [5.41, 5.74) is 7.67.